The monoisotopic (exact) mass is 331 g/mol. The van der Waals surface area contributed by atoms with Crippen LogP contribution in [0.5, 0.6) is 5.75 Å². The average molecular weight is 332 g/mol. The lowest BCUT2D eigenvalue weighted by Gasteiger charge is -2.11. The van der Waals surface area contributed by atoms with Gasteiger partial charge in [-0.25, -0.2) is 0 Å². The van der Waals surface area contributed by atoms with Crippen molar-refractivity contribution in [2.75, 3.05) is 0 Å². The summed E-state index contributed by atoms with van der Waals surface area (Å²) >= 11 is 3.31. The van der Waals surface area contributed by atoms with Crippen molar-refractivity contribution in [3.05, 3.63) is 46.2 Å². The van der Waals surface area contributed by atoms with Gasteiger partial charge >= 0.3 is 6.61 Å². The Labute approximate surface area is 117 Å². The van der Waals surface area contributed by atoms with E-state index >= 15 is 0 Å². The van der Waals surface area contributed by atoms with Crippen LogP contribution in [0, 0.1) is 0 Å². The minimum Gasteiger partial charge on any atom is -0.434 e. The van der Waals surface area contributed by atoms with Gasteiger partial charge in [0.15, 0.2) is 0 Å². The molecule has 0 aliphatic heterocycles. The molecule has 0 amide bonds. The Kier molecular flexibility index (Phi) is 4.86. The SMILES string of the molecule is FC(F)Oc1ccc(Br)cc1CNCc1cn[nH]c1. The minimum atomic E-state index is -2.83. The van der Waals surface area contributed by atoms with Gasteiger partial charge in [-0.1, -0.05) is 15.9 Å². The topological polar surface area (TPSA) is 49.9 Å². The number of rotatable bonds is 6. The van der Waals surface area contributed by atoms with E-state index in [0.29, 0.717) is 18.7 Å². The molecule has 0 unspecified atom stereocenters. The summed E-state index contributed by atoms with van der Waals surface area (Å²) in [6.45, 7) is -1.81. The van der Waals surface area contributed by atoms with Crippen molar-refractivity contribution >= 4 is 15.9 Å². The molecule has 0 saturated carbocycles. The van der Waals surface area contributed by atoms with E-state index in [-0.39, 0.29) is 5.75 Å². The highest BCUT2D eigenvalue weighted by molar-refractivity contribution is 9.10. The second-order valence-corrected chi connectivity index (χ2v) is 4.76. The second-order valence-electron chi connectivity index (χ2n) is 3.84. The van der Waals surface area contributed by atoms with Crippen LogP contribution in [0.3, 0.4) is 0 Å². The molecule has 1 heterocycles. The summed E-state index contributed by atoms with van der Waals surface area (Å²) in [5.74, 6) is 0.179. The van der Waals surface area contributed by atoms with Gasteiger partial charge in [0.1, 0.15) is 5.75 Å². The molecule has 0 aliphatic carbocycles. The van der Waals surface area contributed by atoms with E-state index in [4.69, 9.17) is 0 Å². The summed E-state index contributed by atoms with van der Waals surface area (Å²) < 4.78 is 29.8. The molecule has 0 bridgehead atoms. The number of alkyl halides is 2. The van der Waals surface area contributed by atoms with E-state index in [1.807, 2.05) is 0 Å². The first kappa shape index (κ1) is 14.0. The third-order valence-corrected chi connectivity index (χ3v) is 2.93. The van der Waals surface area contributed by atoms with Crippen molar-refractivity contribution in [2.24, 2.45) is 0 Å². The van der Waals surface area contributed by atoms with E-state index in [1.54, 1.807) is 24.5 Å². The fraction of sp³-hybridized carbons (Fsp3) is 0.250. The quantitative estimate of drug-likeness (QED) is 0.855. The normalized spacial score (nSPS) is 10.9. The van der Waals surface area contributed by atoms with Crippen LogP contribution in [0.2, 0.25) is 0 Å². The van der Waals surface area contributed by atoms with Gasteiger partial charge in [0.2, 0.25) is 0 Å². The van der Waals surface area contributed by atoms with Crippen molar-refractivity contribution in [3.63, 3.8) is 0 Å². The Hall–Kier alpha value is -1.47. The summed E-state index contributed by atoms with van der Waals surface area (Å²) in [5.41, 5.74) is 1.66. The second kappa shape index (κ2) is 6.63. The lowest BCUT2D eigenvalue weighted by Crippen LogP contribution is -2.14. The largest absolute Gasteiger partial charge is 0.434 e. The fourth-order valence-corrected chi connectivity index (χ4v) is 2.02. The molecular weight excluding hydrogens is 320 g/mol. The Morgan fingerprint density at radius 2 is 2.21 bits per heavy atom. The van der Waals surface area contributed by atoms with E-state index in [9.17, 15) is 8.78 Å². The van der Waals surface area contributed by atoms with Gasteiger partial charge in [-0.3, -0.25) is 5.10 Å². The number of aromatic nitrogens is 2. The maximum Gasteiger partial charge on any atom is 0.387 e. The predicted molar refractivity (Wildman–Crippen MR) is 69.9 cm³/mol. The lowest BCUT2D eigenvalue weighted by molar-refractivity contribution is -0.0505. The molecule has 0 radical (unpaired) electrons. The van der Waals surface area contributed by atoms with E-state index in [0.717, 1.165) is 10.0 Å². The number of aromatic amines is 1. The van der Waals surface area contributed by atoms with Crippen molar-refractivity contribution in [2.45, 2.75) is 19.7 Å². The molecule has 102 valence electrons. The molecule has 19 heavy (non-hydrogen) atoms. The Balaban J connectivity index is 1.99. The number of ether oxygens (including phenoxy) is 1. The smallest absolute Gasteiger partial charge is 0.387 e. The predicted octanol–water partition coefficient (Wildman–Crippen LogP) is 3.06. The number of hydrogen-bond donors (Lipinski definition) is 2. The first-order valence-electron chi connectivity index (χ1n) is 5.57. The maximum atomic E-state index is 12.3. The van der Waals surface area contributed by atoms with Crippen LogP contribution in [-0.2, 0) is 13.1 Å². The average Bonchev–Trinajstić information content (AvgIpc) is 2.85. The molecule has 0 aliphatic rings. The standard InChI is InChI=1S/C12H12BrF2N3O/c13-10-1-2-11(19-12(14)15)9(3-10)7-16-4-8-5-17-18-6-8/h1-3,5-6,12,16H,4,7H2,(H,17,18). The molecule has 2 aromatic rings. The fourth-order valence-electron chi connectivity index (χ4n) is 1.61. The molecule has 4 nitrogen and oxygen atoms in total. The minimum absolute atomic E-state index is 0.179. The van der Waals surface area contributed by atoms with Gasteiger partial charge in [-0.2, -0.15) is 13.9 Å². The summed E-state index contributed by atoms with van der Waals surface area (Å²) in [7, 11) is 0. The number of H-pyrrole nitrogens is 1. The van der Waals surface area contributed by atoms with Gasteiger partial charge in [0.05, 0.1) is 6.20 Å². The molecule has 0 atom stereocenters. The van der Waals surface area contributed by atoms with Crippen LogP contribution in [-0.4, -0.2) is 16.8 Å². The number of nitrogens with zero attached hydrogens (tertiary/aromatic N) is 1. The van der Waals surface area contributed by atoms with Crippen LogP contribution < -0.4 is 10.1 Å². The molecule has 1 aromatic carbocycles. The molecule has 1 aromatic heterocycles. The van der Waals surface area contributed by atoms with Gasteiger partial charge < -0.3 is 10.1 Å². The first-order valence-corrected chi connectivity index (χ1v) is 6.36. The first-order chi connectivity index (χ1) is 9.15. The number of benzene rings is 1. The molecular formula is C12H12BrF2N3O. The molecule has 0 fully saturated rings. The number of hydrogen-bond acceptors (Lipinski definition) is 3. The Morgan fingerprint density at radius 3 is 2.89 bits per heavy atom. The third kappa shape index (κ3) is 4.29. The van der Waals surface area contributed by atoms with Crippen molar-refractivity contribution in [1.29, 1.82) is 0 Å². The summed E-state index contributed by atoms with van der Waals surface area (Å²) in [5, 5.41) is 9.67. The zero-order valence-corrected chi connectivity index (χ0v) is 11.5. The van der Waals surface area contributed by atoms with Gasteiger partial charge in [0, 0.05) is 34.9 Å². The number of nitrogens with one attached hydrogen (secondary N) is 2. The van der Waals surface area contributed by atoms with Crippen molar-refractivity contribution < 1.29 is 13.5 Å². The van der Waals surface area contributed by atoms with Crippen LogP contribution in [0.25, 0.3) is 0 Å². The van der Waals surface area contributed by atoms with E-state index in [1.165, 1.54) is 6.07 Å². The zero-order valence-electron chi connectivity index (χ0n) is 9.87. The zero-order chi connectivity index (χ0) is 13.7. The summed E-state index contributed by atoms with van der Waals surface area (Å²) in [6, 6.07) is 4.93. The molecule has 2 N–H and O–H groups in total. The highest BCUT2D eigenvalue weighted by Crippen LogP contribution is 2.24. The van der Waals surface area contributed by atoms with Crippen LogP contribution in [0.15, 0.2) is 35.1 Å². The molecule has 0 saturated heterocycles. The van der Waals surface area contributed by atoms with Crippen molar-refractivity contribution in [3.8, 4) is 5.75 Å². The third-order valence-electron chi connectivity index (χ3n) is 2.44. The van der Waals surface area contributed by atoms with Crippen LogP contribution in [0.1, 0.15) is 11.1 Å². The highest BCUT2D eigenvalue weighted by atomic mass is 79.9. The molecule has 0 spiro atoms. The van der Waals surface area contributed by atoms with Crippen LogP contribution in [0.4, 0.5) is 8.78 Å². The Morgan fingerprint density at radius 1 is 1.37 bits per heavy atom. The van der Waals surface area contributed by atoms with Gasteiger partial charge in [0.25, 0.3) is 0 Å². The number of halogens is 3. The van der Waals surface area contributed by atoms with E-state index in [2.05, 4.69) is 36.2 Å². The Bertz CT molecular complexity index is 520. The van der Waals surface area contributed by atoms with Crippen LogP contribution >= 0.6 is 15.9 Å². The van der Waals surface area contributed by atoms with Gasteiger partial charge in [-0.15, -0.1) is 0 Å². The highest BCUT2D eigenvalue weighted by Gasteiger charge is 2.10. The summed E-state index contributed by atoms with van der Waals surface area (Å²) in [6.07, 6.45) is 3.47. The lowest BCUT2D eigenvalue weighted by atomic mass is 10.2. The molecule has 2 rings (SSSR count). The van der Waals surface area contributed by atoms with Crippen molar-refractivity contribution in [1.82, 2.24) is 15.5 Å². The summed E-state index contributed by atoms with van der Waals surface area (Å²) in [4.78, 5) is 0. The molecule has 7 heteroatoms. The maximum absolute atomic E-state index is 12.3. The van der Waals surface area contributed by atoms with Gasteiger partial charge in [-0.05, 0) is 18.2 Å². The van der Waals surface area contributed by atoms with E-state index < -0.39 is 6.61 Å².